The third-order valence-corrected chi connectivity index (χ3v) is 3.86. The molecule has 2 atom stereocenters. The second kappa shape index (κ2) is 7.00. The molecule has 0 aliphatic heterocycles. The van der Waals surface area contributed by atoms with Gasteiger partial charge in [0.1, 0.15) is 0 Å². The van der Waals surface area contributed by atoms with Crippen LogP contribution in [0.25, 0.3) is 0 Å². The van der Waals surface area contributed by atoms with Crippen molar-refractivity contribution in [1.29, 1.82) is 0 Å². The number of rotatable bonds is 6. The largest absolute Gasteiger partial charge is 0.379 e. The van der Waals surface area contributed by atoms with Crippen molar-refractivity contribution in [3.8, 4) is 0 Å². The van der Waals surface area contributed by atoms with Crippen molar-refractivity contribution < 1.29 is 9.53 Å². The molecule has 0 saturated heterocycles. The maximum Gasteiger partial charge on any atom is 0.185 e. The summed E-state index contributed by atoms with van der Waals surface area (Å²) in [6.07, 6.45) is 6.53. The molecular weight excluding hydrogens is 264 g/mol. The summed E-state index contributed by atoms with van der Waals surface area (Å²) in [6, 6.07) is 0.218. The van der Waals surface area contributed by atoms with E-state index in [1.807, 2.05) is 4.68 Å². The lowest BCUT2D eigenvalue weighted by atomic mass is 9.92. The number of nitrogens with zero attached hydrogens (tertiary/aromatic N) is 4. The molecule has 1 aromatic heterocycles. The van der Waals surface area contributed by atoms with Crippen LogP contribution in [0, 0.1) is 0 Å². The Bertz CT molecular complexity index is 424. The summed E-state index contributed by atoms with van der Waals surface area (Å²) >= 11 is 3.77. The summed E-state index contributed by atoms with van der Waals surface area (Å²) in [5, 5.41) is 11.9. The van der Waals surface area contributed by atoms with Gasteiger partial charge in [-0.05, 0) is 29.7 Å². The SMILES string of the molecule is COC1CCCCC1n1nnnc1CCCC(=O)S. The zero-order valence-electron chi connectivity index (χ0n) is 11.2. The molecule has 2 unspecified atom stereocenters. The topological polar surface area (TPSA) is 69.9 Å². The Morgan fingerprint density at radius 3 is 3.00 bits per heavy atom. The normalized spacial score (nSPS) is 23.5. The minimum Gasteiger partial charge on any atom is -0.379 e. The quantitative estimate of drug-likeness (QED) is 0.803. The highest BCUT2D eigenvalue weighted by Gasteiger charge is 2.29. The predicted octanol–water partition coefficient (Wildman–Crippen LogP) is 1.58. The molecule has 1 fully saturated rings. The van der Waals surface area contributed by atoms with Gasteiger partial charge in [-0.25, -0.2) is 4.68 Å². The maximum absolute atomic E-state index is 10.8. The first kappa shape index (κ1) is 14.5. The van der Waals surface area contributed by atoms with E-state index in [0.717, 1.165) is 25.1 Å². The predicted molar refractivity (Wildman–Crippen MR) is 73.1 cm³/mol. The molecular formula is C12H20N4O2S. The molecule has 1 aliphatic carbocycles. The number of ether oxygens (including phenoxy) is 1. The van der Waals surface area contributed by atoms with Crippen LogP contribution < -0.4 is 0 Å². The zero-order valence-corrected chi connectivity index (χ0v) is 12.1. The molecule has 0 bridgehead atoms. The summed E-state index contributed by atoms with van der Waals surface area (Å²) in [4.78, 5) is 10.8. The van der Waals surface area contributed by atoms with Crippen molar-refractivity contribution in [1.82, 2.24) is 20.2 Å². The number of methoxy groups -OCH3 is 1. The Kier molecular flexibility index (Phi) is 5.33. The Labute approximate surface area is 118 Å². The van der Waals surface area contributed by atoms with Crippen LogP contribution in [0.15, 0.2) is 0 Å². The van der Waals surface area contributed by atoms with Crippen molar-refractivity contribution >= 4 is 17.7 Å². The van der Waals surface area contributed by atoms with Crippen LogP contribution in [0.4, 0.5) is 0 Å². The van der Waals surface area contributed by atoms with E-state index in [0.29, 0.717) is 12.8 Å². The molecule has 0 N–H and O–H groups in total. The minimum absolute atomic E-state index is 0.0912. The van der Waals surface area contributed by atoms with Crippen LogP contribution in [-0.2, 0) is 16.0 Å². The van der Waals surface area contributed by atoms with Crippen LogP contribution >= 0.6 is 12.6 Å². The van der Waals surface area contributed by atoms with E-state index in [1.54, 1.807) is 7.11 Å². The van der Waals surface area contributed by atoms with Gasteiger partial charge in [-0.2, -0.15) is 0 Å². The number of carbonyl (C=O) groups is 1. The average Bonchev–Trinajstić information content (AvgIpc) is 2.86. The number of thiol groups is 1. The van der Waals surface area contributed by atoms with Gasteiger partial charge >= 0.3 is 0 Å². The highest BCUT2D eigenvalue weighted by molar-refractivity contribution is 7.96. The van der Waals surface area contributed by atoms with Gasteiger partial charge in [0.15, 0.2) is 10.9 Å². The van der Waals surface area contributed by atoms with E-state index in [2.05, 4.69) is 28.2 Å². The molecule has 0 spiro atoms. The molecule has 2 rings (SSSR count). The molecule has 1 saturated carbocycles. The third-order valence-electron chi connectivity index (χ3n) is 3.64. The molecule has 0 radical (unpaired) electrons. The monoisotopic (exact) mass is 284 g/mol. The minimum atomic E-state index is -0.0912. The van der Waals surface area contributed by atoms with Crippen molar-refractivity contribution in [2.45, 2.75) is 57.1 Å². The van der Waals surface area contributed by atoms with Crippen LogP contribution in [0.5, 0.6) is 0 Å². The smallest absolute Gasteiger partial charge is 0.185 e. The number of aromatic nitrogens is 4. The van der Waals surface area contributed by atoms with E-state index in [1.165, 1.54) is 12.8 Å². The Balaban J connectivity index is 2.02. The van der Waals surface area contributed by atoms with E-state index >= 15 is 0 Å². The maximum atomic E-state index is 10.8. The lowest BCUT2D eigenvalue weighted by molar-refractivity contribution is -0.110. The molecule has 6 nitrogen and oxygen atoms in total. The second-order valence-electron chi connectivity index (χ2n) is 4.91. The van der Waals surface area contributed by atoms with Gasteiger partial charge in [-0.3, -0.25) is 4.79 Å². The lowest BCUT2D eigenvalue weighted by Gasteiger charge is -2.30. The summed E-state index contributed by atoms with van der Waals surface area (Å²) < 4.78 is 7.43. The van der Waals surface area contributed by atoms with Crippen LogP contribution in [0.2, 0.25) is 0 Å². The fourth-order valence-corrected chi connectivity index (χ4v) is 2.82. The first-order chi connectivity index (χ1) is 9.22. The number of hydrogen-bond acceptors (Lipinski definition) is 5. The molecule has 7 heteroatoms. The van der Waals surface area contributed by atoms with Crippen LogP contribution in [-0.4, -0.2) is 38.5 Å². The zero-order chi connectivity index (χ0) is 13.7. The molecule has 0 aromatic carbocycles. The fourth-order valence-electron chi connectivity index (χ4n) is 2.66. The summed E-state index contributed by atoms with van der Waals surface area (Å²) in [5.41, 5.74) is 0. The Hall–Kier alpha value is -0.950. The van der Waals surface area contributed by atoms with Crippen molar-refractivity contribution in [2.75, 3.05) is 7.11 Å². The van der Waals surface area contributed by atoms with Gasteiger partial charge in [0.25, 0.3) is 0 Å². The highest BCUT2D eigenvalue weighted by Crippen LogP contribution is 2.30. The standard InChI is InChI=1S/C12H20N4O2S/c1-18-10-6-3-2-5-9(10)16-11(13-14-15-16)7-4-8-12(17)19/h9-10H,2-8H2,1H3,(H,17,19). The van der Waals surface area contributed by atoms with Gasteiger partial charge in [0.2, 0.25) is 0 Å². The van der Waals surface area contributed by atoms with E-state index in [4.69, 9.17) is 4.74 Å². The molecule has 0 amide bonds. The summed E-state index contributed by atoms with van der Waals surface area (Å²) in [5.74, 6) is 0.837. The van der Waals surface area contributed by atoms with Gasteiger partial charge in [0.05, 0.1) is 12.1 Å². The van der Waals surface area contributed by atoms with Crippen molar-refractivity contribution in [3.05, 3.63) is 5.82 Å². The van der Waals surface area contributed by atoms with Crippen LogP contribution in [0.3, 0.4) is 0 Å². The first-order valence-electron chi connectivity index (χ1n) is 6.73. The van der Waals surface area contributed by atoms with E-state index < -0.39 is 0 Å². The van der Waals surface area contributed by atoms with Gasteiger partial charge in [-0.1, -0.05) is 12.8 Å². The first-order valence-corrected chi connectivity index (χ1v) is 7.18. The Morgan fingerprint density at radius 2 is 2.26 bits per heavy atom. The molecule has 1 heterocycles. The second-order valence-corrected chi connectivity index (χ2v) is 5.41. The lowest BCUT2D eigenvalue weighted by Crippen LogP contribution is -2.31. The third kappa shape index (κ3) is 3.76. The molecule has 106 valence electrons. The number of carbonyl (C=O) groups excluding carboxylic acids is 1. The number of hydrogen-bond donors (Lipinski definition) is 1. The molecule has 1 aromatic rings. The molecule has 1 aliphatic rings. The van der Waals surface area contributed by atoms with Gasteiger partial charge in [-0.15, -0.1) is 17.7 Å². The fraction of sp³-hybridized carbons (Fsp3) is 0.833. The van der Waals surface area contributed by atoms with Gasteiger partial charge in [0, 0.05) is 20.0 Å². The van der Waals surface area contributed by atoms with Gasteiger partial charge < -0.3 is 4.74 Å². The van der Waals surface area contributed by atoms with Crippen molar-refractivity contribution in [3.63, 3.8) is 0 Å². The van der Waals surface area contributed by atoms with E-state index in [-0.39, 0.29) is 17.3 Å². The molecule has 19 heavy (non-hydrogen) atoms. The average molecular weight is 284 g/mol. The van der Waals surface area contributed by atoms with Crippen molar-refractivity contribution in [2.24, 2.45) is 0 Å². The number of tetrazole rings is 1. The highest BCUT2D eigenvalue weighted by atomic mass is 32.1. The summed E-state index contributed by atoms with van der Waals surface area (Å²) in [7, 11) is 1.74. The Morgan fingerprint density at radius 1 is 1.47 bits per heavy atom. The van der Waals surface area contributed by atoms with Crippen LogP contribution in [0.1, 0.15) is 50.4 Å². The van der Waals surface area contributed by atoms with E-state index in [9.17, 15) is 4.79 Å². The summed E-state index contributed by atoms with van der Waals surface area (Å²) in [6.45, 7) is 0. The number of aryl methyl sites for hydroxylation is 1.